The smallest absolute Gasteiger partial charge is 0.170 e. The molecule has 3 rings (SSSR count). The number of para-hydroxylation sites is 1. The van der Waals surface area contributed by atoms with Gasteiger partial charge in [0, 0.05) is 5.92 Å². The van der Waals surface area contributed by atoms with Gasteiger partial charge in [0.25, 0.3) is 0 Å². The van der Waals surface area contributed by atoms with Gasteiger partial charge in [-0.05, 0) is 61.1 Å². The first kappa shape index (κ1) is 17.9. The fourth-order valence-electron chi connectivity index (χ4n) is 3.37. The lowest BCUT2D eigenvalue weighted by atomic mass is 9.84. The first-order valence-electron chi connectivity index (χ1n) is 8.97. The number of carbonyl (C=O) groups is 1. The maximum absolute atomic E-state index is 13.2. The average Bonchev–Trinajstić information content (AvgIpc) is 2.64. The average molecular weight is 344 g/mol. The molecule has 0 aliphatic carbocycles. The molecular weight excluding hydrogens is 320 g/mol. The number of aryl methyl sites for hydroxylation is 2. The van der Waals surface area contributed by atoms with Crippen molar-refractivity contribution in [2.24, 2.45) is 5.92 Å². The summed E-state index contributed by atoms with van der Waals surface area (Å²) in [5.74, 6) is -0.169. The Labute approximate surface area is 155 Å². The van der Waals surface area contributed by atoms with Gasteiger partial charge < -0.3 is 5.11 Å². The largest absolute Gasteiger partial charge is 0.507 e. The lowest BCUT2D eigenvalue weighted by molar-refractivity contribution is 0.0915. The number of aromatic hydroxyl groups is 1. The van der Waals surface area contributed by atoms with E-state index in [9.17, 15) is 9.90 Å². The summed E-state index contributed by atoms with van der Waals surface area (Å²) in [6.07, 6.45) is 1.32. The van der Waals surface area contributed by atoms with Crippen LogP contribution in [0.15, 0.2) is 72.8 Å². The van der Waals surface area contributed by atoms with E-state index in [-0.39, 0.29) is 17.5 Å². The van der Waals surface area contributed by atoms with Gasteiger partial charge in [-0.15, -0.1) is 0 Å². The molecule has 0 bridgehead atoms. The number of hydrogen-bond acceptors (Lipinski definition) is 2. The van der Waals surface area contributed by atoms with Crippen molar-refractivity contribution in [1.29, 1.82) is 0 Å². The molecule has 0 aromatic heterocycles. The monoisotopic (exact) mass is 344 g/mol. The van der Waals surface area contributed by atoms with E-state index in [1.807, 2.05) is 24.3 Å². The Morgan fingerprint density at radius 3 is 1.73 bits per heavy atom. The van der Waals surface area contributed by atoms with E-state index < -0.39 is 0 Å². The third-order valence-corrected chi connectivity index (χ3v) is 5.00. The van der Waals surface area contributed by atoms with E-state index in [0.29, 0.717) is 18.4 Å². The number of benzene rings is 3. The topological polar surface area (TPSA) is 37.3 Å². The van der Waals surface area contributed by atoms with Gasteiger partial charge in [-0.2, -0.15) is 0 Å². The lowest BCUT2D eigenvalue weighted by Gasteiger charge is -2.19. The Morgan fingerprint density at radius 2 is 1.23 bits per heavy atom. The van der Waals surface area contributed by atoms with E-state index in [2.05, 4.69) is 38.1 Å². The Kier molecular flexibility index (Phi) is 5.52. The third kappa shape index (κ3) is 4.02. The predicted molar refractivity (Wildman–Crippen MR) is 106 cm³/mol. The minimum atomic E-state index is -0.217. The van der Waals surface area contributed by atoms with Gasteiger partial charge in [0.05, 0.1) is 5.56 Å². The SMILES string of the molecule is Cc1ccccc1CC(Cc1ccccc1C)C(=O)c1ccccc1O. The zero-order valence-electron chi connectivity index (χ0n) is 15.3. The van der Waals surface area contributed by atoms with Crippen LogP contribution in [0.4, 0.5) is 0 Å². The van der Waals surface area contributed by atoms with Crippen LogP contribution in [0.2, 0.25) is 0 Å². The van der Waals surface area contributed by atoms with Crippen LogP contribution in [0.25, 0.3) is 0 Å². The van der Waals surface area contributed by atoms with Gasteiger partial charge in [-0.1, -0.05) is 60.7 Å². The van der Waals surface area contributed by atoms with Crippen molar-refractivity contribution >= 4 is 5.78 Å². The summed E-state index contributed by atoms with van der Waals surface area (Å²) in [5.41, 5.74) is 5.13. The van der Waals surface area contributed by atoms with E-state index >= 15 is 0 Å². The number of Topliss-reactive ketones (excluding diaryl/α,β-unsaturated/α-hetero) is 1. The lowest BCUT2D eigenvalue weighted by Crippen LogP contribution is -2.21. The molecule has 3 aromatic carbocycles. The highest BCUT2D eigenvalue weighted by molar-refractivity contribution is 6.00. The Hall–Kier alpha value is -2.87. The summed E-state index contributed by atoms with van der Waals surface area (Å²) in [7, 11) is 0. The van der Waals surface area contributed by atoms with Gasteiger partial charge in [0.2, 0.25) is 0 Å². The summed E-state index contributed by atoms with van der Waals surface area (Å²) in [6.45, 7) is 4.15. The van der Waals surface area contributed by atoms with E-state index in [0.717, 1.165) is 0 Å². The maximum atomic E-state index is 13.2. The van der Waals surface area contributed by atoms with Crippen LogP contribution in [0, 0.1) is 19.8 Å². The second kappa shape index (κ2) is 8.01. The molecule has 26 heavy (non-hydrogen) atoms. The standard InChI is InChI=1S/C24H24O2/c1-17-9-3-5-11-19(17)15-21(16-20-12-6-4-10-18(20)2)24(26)22-13-7-8-14-23(22)25/h3-14,21,25H,15-16H2,1-2H3. The minimum absolute atomic E-state index is 0.00499. The van der Waals surface area contributed by atoms with Crippen molar-refractivity contribution < 1.29 is 9.90 Å². The number of carbonyl (C=O) groups excluding carboxylic acids is 1. The summed E-state index contributed by atoms with van der Waals surface area (Å²) in [6, 6.07) is 23.2. The van der Waals surface area contributed by atoms with Crippen LogP contribution in [-0.2, 0) is 12.8 Å². The highest BCUT2D eigenvalue weighted by Crippen LogP contribution is 2.26. The van der Waals surface area contributed by atoms with Crippen LogP contribution in [0.5, 0.6) is 5.75 Å². The van der Waals surface area contributed by atoms with E-state index in [1.54, 1.807) is 24.3 Å². The molecule has 0 amide bonds. The Morgan fingerprint density at radius 1 is 0.769 bits per heavy atom. The minimum Gasteiger partial charge on any atom is -0.507 e. The van der Waals surface area contributed by atoms with Crippen molar-refractivity contribution in [1.82, 2.24) is 0 Å². The zero-order chi connectivity index (χ0) is 18.5. The maximum Gasteiger partial charge on any atom is 0.170 e. The van der Waals surface area contributed by atoms with Crippen LogP contribution in [0.3, 0.4) is 0 Å². The molecule has 0 atom stereocenters. The molecule has 3 aromatic rings. The van der Waals surface area contributed by atoms with Gasteiger partial charge in [0.1, 0.15) is 5.75 Å². The van der Waals surface area contributed by atoms with Gasteiger partial charge in [0.15, 0.2) is 5.78 Å². The molecule has 0 heterocycles. The van der Waals surface area contributed by atoms with Crippen LogP contribution in [-0.4, -0.2) is 10.9 Å². The fraction of sp³-hybridized carbons (Fsp3) is 0.208. The van der Waals surface area contributed by atoms with Crippen molar-refractivity contribution in [3.8, 4) is 5.75 Å². The molecule has 2 heteroatoms. The van der Waals surface area contributed by atoms with Gasteiger partial charge >= 0.3 is 0 Å². The number of phenols is 1. The highest BCUT2D eigenvalue weighted by atomic mass is 16.3. The second-order valence-corrected chi connectivity index (χ2v) is 6.84. The molecule has 132 valence electrons. The van der Waals surface area contributed by atoms with Crippen LogP contribution in [0.1, 0.15) is 32.6 Å². The van der Waals surface area contributed by atoms with Crippen LogP contribution < -0.4 is 0 Å². The number of rotatable bonds is 6. The first-order valence-corrected chi connectivity index (χ1v) is 8.97. The molecule has 0 fully saturated rings. The van der Waals surface area contributed by atoms with E-state index in [1.165, 1.54) is 22.3 Å². The summed E-state index contributed by atoms with van der Waals surface area (Å²) in [5, 5.41) is 10.2. The summed E-state index contributed by atoms with van der Waals surface area (Å²) >= 11 is 0. The van der Waals surface area contributed by atoms with Crippen LogP contribution >= 0.6 is 0 Å². The number of phenolic OH excluding ortho intramolecular Hbond substituents is 1. The number of ketones is 1. The fourth-order valence-corrected chi connectivity index (χ4v) is 3.37. The predicted octanol–water partition coefficient (Wildman–Crippen LogP) is 5.29. The number of hydrogen-bond donors (Lipinski definition) is 1. The molecular formula is C24H24O2. The van der Waals surface area contributed by atoms with Crippen molar-refractivity contribution in [2.75, 3.05) is 0 Å². The third-order valence-electron chi connectivity index (χ3n) is 5.00. The van der Waals surface area contributed by atoms with Crippen molar-refractivity contribution in [2.45, 2.75) is 26.7 Å². The summed E-state index contributed by atoms with van der Waals surface area (Å²) in [4.78, 5) is 13.2. The van der Waals surface area contributed by atoms with Crippen molar-refractivity contribution in [3.05, 3.63) is 101 Å². The molecule has 0 aliphatic rings. The molecule has 0 spiro atoms. The molecule has 0 radical (unpaired) electrons. The highest BCUT2D eigenvalue weighted by Gasteiger charge is 2.24. The molecule has 0 saturated heterocycles. The zero-order valence-corrected chi connectivity index (χ0v) is 15.3. The van der Waals surface area contributed by atoms with Gasteiger partial charge in [-0.25, -0.2) is 0 Å². The van der Waals surface area contributed by atoms with Crippen molar-refractivity contribution in [3.63, 3.8) is 0 Å². The molecule has 0 aliphatic heterocycles. The Balaban J connectivity index is 1.96. The normalized spacial score (nSPS) is 10.9. The molecule has 0 saturated carbocycles. The van der Waals surface area contributed by atoms with Gasteiger partial charge in [-0.3, -0.25) is 4.79 Å². The summed E-state index contributed by atoms with van der Waals surface area (Å²) < 4.78 is 0. The molecule has 1 N–H and O–H groups in total. The first-order chi connectivity index (χ1) is 12.6. The van der Waals surface area contributed by atoms with E-state index in [4.69, 9.17) is 0 Å². The molecule has 0 unspecified atom stereocenters. The second-order valence-electron chi connectivity index (χ2n) is 6.84. The quantitative estimate of drug-likeness (QED) is 0.617. The molecule has 2 nitrogen and oxygen atoms in total. The Bertz CT molecular complexity index is 864.